The van der Waals surface area contributed by atoms with Gasteiger partial charge in [0.1, 0.15) is 11.6 Å². The van der Waals surface area contributed by atoms with Gasteiger partial charge < -0.3 is 5.32 Å². The molecule has 1 saturated heterocycles. The smallest absolute Gasteiger partial charge is 0.316 e. The van der Waals surface area contributed by atoms with Crippen LogP contribution in [0.15, 0.2) is 30.3 Å². The summed E-state index contributed by atoms with van der Waals surface area (Å²) in [6.07, 6.45) is -4.30. The topological polar surface area (TPSA) is 12.0 Å². The molecule has 1 heterocycles. The lowest BCUT2D eigenvalue weighted by molar-refractivity contribution is -0.138. The van der Waals surface area contributed by atoms with Gasteiger partial charge in [-0.1, -0.05) is 6.07 Å². The number of nitrogens with one attached hydrogen (secondary N) is 1. The molecule has 1 fully saturated rings. The summed E-state index contributed by atoms with van der Waals surface area (Å²) in [6, 6.07) is 7.45. The minimum absolute atomic E-state index is 0.0603. The van der Waals surface area contributed by atoms with Gasteiger partial charge in [-0.3, -0.25) is 0 Å². The molecular formula is C17H13F5N. The molecule has 0 aromatic heterocycles. The van der Waals surface area contributed by atoms with Crippen LogP contribution in [-0.4, -0.2) is 13.1 Å². The Morgan fingerprint density at radius 3 is 2.48 bits per heavy atom. The van der Waals surface area contributed by atoms with Crippen molar-refractivity contribution in [1.82, 2.24) is 5.32 Å². The molecule has 0 aliphatic carbocycles. The summed E-state index contributed by atoms with van der Waals surface area (Å²) in [5.74, 6) is -1.22. The Labute approximate surface area is 130 Å². The SMILES string of the molecule is Fc1ccc(F)c(-c2c[c]c(C(F)(F)F)c(CC3CNC3)c2)c1. The van der Waals surface area contributed by atoms with Crippen molar-refractivity contribution in [3.63, 3.8) is 0 Å². The van der Waals surface area contributed by atoms with Crippen molar-refractivity contribution in [2.45, 2.75) is 12.6 Å². The Hall–Kier alpha value is -1.95. The zero-order valence-corrected chi connectivity index (χ0v) is 12.0. The third-order valence-electron chi connectivity index (χ3n) is 3.92. The van der Waals surface area contributed by atoms with Gasteiger partial charge in [0.05, 0.1) is 5.56 Å². The number of hydrogen-bond acceptors (Lipinski definition) is 1. The van der Waals surface area contributed by atoms with Gasteiger partial charge in [-0.2, -0.15) is 13.2 Å². The molecule has 1 aliphatic rings. The molecule has 0 saturated carbocycles. The van der Waals surface area contributed by atoms with Crippen LogP contribution in [0.2, 0.25) is 0 Å². The maximum Gasteiger partial charge on any atom is 0.417 e. The van der Waals surface area contributed by atoms with E-state index in [4.69, 9.17) is 0 Å². The second-order valence-corrected chi connectivity index (χ2v) is 5.64. The minimum Gasteiger partial charge on any atom is -0.316 e. The molecule has 0 amide bonds. The number of hydrogen-bond donors (Lipinski definition) is 1. The van der Waals surface area contributed by atoms with E-state index in [2.05, 4.69) is 11.4 Å². The molecule has 1 N–H and O–H groups in total. The fourth-order valence-corrected chi connectivity index (χ4v) is 2.65. The van der Waals surface area contributed by atoms with Crippen LogP contribution in [0.4, 0.5) is 22.0 Å². The zero-order valence-electron chi connectivity index (χ0n) is 12.0. The molecule has 0 unspecified atom stereocenters. The number of benzene rings is 2. The Bertz CT molecular complexity index is 719. The monoisotopic (exact) mass is 326 g/mol. The van der Waals surface area contributed by atoms with Gasteiger partial charge in [-0.15, -0.1) is 0 Å². The summed E-state index contributed by atoms with van der Waals surface area (Å²) >= 11 is 0. The normalized spacial score (nSPS) is 15.5. The van der Waals surface area contributed by atoms with Crippen LogP contribution in [0.1, 0.15) is 11.1 Å². The van der Waals surface area contributed by atoms with E-state index in [1.807, 2.05) is 0 Å². The van der Waals surface area contributed by atoms with Crippen molar-refractivity contribution in [2.24, 2.45) is 5.92 Å². The number of alkyl halides is 3. The predicted molar refractivity (Wildman–Crippen MR) is 75.7 cm³/mol. The maximum absolute atomic E-state index is 13.8. The first kappa shape index (κ1) is 15.9. The van der Waals surface area contributed by atoms with Crippen molar-refractivity contribution >= 4 is 0 Å². The first-order valence-corrected chi connectivity index (χ1v) is 7.12. The Morgan fingerprint density at radius 2 is 1.87 bits per heavy atom. The van der Waals surface area contributed by atoms with Gasteiger partial charge in [-0.05, 0) is 66.9 Å². The van der Waals surface area contributed by atoms with Gasteiger partial charge in [0.15, 0.2) is 0 Å². The average molecular weight is 326 g/mol. The minimum atomic E-state index is -4.52. The van der Waals surface area contributed by atoms with E-state index in [0.717, 1.165) is 24.3 Å². The molecule has 2 aromatic carbocycles. The molecule has 0 spiro atoms. The largest absolute Gasteiger partial charge is 0.417 e. The molecule has 0 atom stereocenters. The van der Waals surface area contributed by atoms with E-state index in [1.54, 1.807) is 0 Å². The van der Waals surface area contributed by atoms with E-state index in [9.17, 15) is 22.0 Å². The molecule has 6 heteroatoms. The standard InChI is InChI=1S/C17H13F5N/c18-13-2-4-16(19)14(7-13)11-1-3-15(17(20,21)22)12(6-11)5-10-8-23-9-10/h1-2,4,6-7,10,23H,5,8-9H2. The van der Waals surface area contributed by atoms with Crippen LogP contribution >= 0.6 is 0 Å². The lowest BCUT2D eigenvalue weighted by atomic mass is 9.89. The molecule has 1 nitrogen and oxygen atoms in total. The Morgan fingerprint density at radius 1 is 1.13 bits per heavy atom. The molecular weight excluding hydrogens is 313 g/mol. The van der Waals surface area contributed by atoms with E-state index in [0.29, 0.717) is 13.1 Å². The summed E-state index contributed by atoms with van der Waals surface area (Å²) < 4.78 is 66.5. The van der Waals surface area contributed by atoms with Crippen molar-refractivity contribution < 1.29 is 22.0 Å². The van der Waals surface area contributed by atoms with Gasteiger partial charge in [0.2, 0.25) is 0 Å². The first-order chi connectivity index (χ1) is 10.8. The molecule has 1 aliphatic heterocycles. The van der Waals surface area contributed by atoms with Gasteiger partial charge in [-0.25, -0.2) is 8.78 Å². The number of halogens is 5. The highest BCUT2D eigenvalue weighted by molar-refractivity contribution is 5.65. The second kappa shape index (κ2) is 5.92. The van der Waals surface area contributed by atoms with Crippen molar-refractivity contribution in [3.05, 3.63) is 59.2 Å². The van der Waals surface area contributed by atoms with Crippen LogP contribution in [-0.2, 0) is 12.6 Å². The van der Waals surface area contributed by atoms with Gasteiger partial charge in [0, 0.05) is 5.56 Å². The predicted octanol–water partition coefficient (Wildman–Crippen LogP) is 4.21. The van der Waals surface area contributed by atoms with E-state index in [-0.39, 0.29) is 29.0 Å². The summed E-state index contributed by atoms with van der Waals surface area (Å²) in [5.41, 5.74) is -0.657. The molecule has 121 valence electrons. The Kier molecular flexibility index (Phi) is 4.10. The molecule has 1 radical (unpaired) electrons. The first-order valence-electron chi connectivity index (χ1n) is 7.12. The molecule has 23 heavy (non-hydrogen) atoms. The lowest BCUT2D eigenvalue weighted by Gasteiger charge is -2.28. The fourth-order valence-electron chi connectivity index (χ4n) is 2.65. The molecule has 0 bridgehead atoms. The van der Waals surface area contributed by atoms with Crippen LogP contribution < -0.4 is 5.32 Å². The third-order valence-corrected chi connectivity index (χ3v) is 3.92. The highest BCUT2D eigenvalue weighted by Gasteiger charge is 2.34. The van der Waals surface area contributed by atoms with Crippen molar-refractivity contribution in [3.8, 4) is 11.1 Å². The van der Waals surface area contributed by atoms with E-state index < -0.39 is 23.4 Å². The van der Waals surface area contributed by atoms with Crippen LogP contribution in [0.25, 0.3) is 11.1 Å². The lowest BCUT2D eigenvalue weighted by Crippen LogP contribution is -2.43. The Balaban J connectivity index is 2.05. The highest BCUT2D eigenvalue weighted by atomic mass is 19.4. The summed E-state index contributed by atoms with van der Waals surface area (Å²) in [7, 11) is 0. The number of rotatable bonds is 3. The second-order valence-electron chi connectivity index (χ2n) is 5.64. The highest BCUT2D eigenvalue weighted by Crippen LogP contribution is 2.36. The third kappa shape index (κ3) is 3.37. The van der Waals surface area contributed by atoms with Crippen LogP contribution in [0, 0.1) is 23.6 Å². The van der Waals surface area contributed by atoms with Crippen LogP contribution in [0.5, 0.6) is 0 Å². The van der Waals surface area contributed by atoms with Crippen LogP contribution in [0.3, 0.4) is 0 Å². The van der Waals surface area contributed by atoms with Gasteiger partial charge in [0.25, 0.3) is 0 Å². The summed E-state index contributed by atoms with van der Waals surface area (Å²) in [6.45, 7) is 1.30. The fraction of sp³-hybridized carbons (Fsp3) is 0.294. The van der Waals surface area contributed by atoms with E-state index >= 15 is 0 Å². The summed E-state index contributed by atoms with van der Waals surface area (Å²) in [5, 5.41) is 3.00. The molecule has 2 aromatic rings. The maximum atomic E-state index is 13.8. The van der Waals surface area contributed by atoms with Gasteiger partial charge >= 0.3 is 6.18 Å². The average Bonchev–Trinajstić information content (AvgIpc) is 2.44. The quantitative estimate of drug-likeness (QED) is 0.833. The summed E-state index contributed by atoms with van der Waals surface area (Å²) in [4.78, 5) is 0. The van der Waals surface area contributed by atoms with Crippen molar-refractivity contribution in [1.29, 1.82) is 0 Å². The molecule has 3 rings (SSSR count). The zero-order chi connectivity index (χ0) is 16.6. The van der Waals surface area contributed by atoms with Crippen molar-refractivity contribution in [2.75, 3.05) is 13.1 Å². The van der Waals surface area contributed by atoms with E-state index in [1.165, 1.54) is 6.07 Å².